The van der Waals surface area contributed by atoms with E-state index in [1.807, 2.05) is 30.3 Å². The van der Waals surface area contributed by atoms with Gasteiger partial charge in [-0.1, -0.05) is 49.7 Å². The van der Waals surface area contributed by atoms with Gasteiger partial charge in [-0.25, -0.2) is 4.79 Å². The van der Waals surface area contributed by atoms with Gasteiger partial charge in [0.1, 0.15) is 18.2 Å². The van der Waals surface area contributed by atoms with E-state index in [4.69, 9.17) is 5.26 Å². The van der Waals surface area contributed by atoms with Crippen molar-refractivity contribution in [2.24, 2.45) is 0 Å². The molecule has 1 heterocycles. The number of imide groups is 1. The average Bonchev–Trinajstić information content (AvgIpc) is 2.93. The number of carbonyl (C=O) groups is 3. The summed E-state index contributed by atoms with van der Waals surface area (Å²) in [7, 11) is 0. The Hall–Kier alpha value is -3.66. The molecule has 0 aromatic heterocycles. The van der Waals surface area contributed by atoms with E-state index in [1.54, 1.807) is 31.2 Å². The quantitative estimate of drug-likeness (QED) is 0.740. The van der Waals surface area contributed by atoms with E-state index >= 15 is 0 Å². The molecule has 1 aliphatic heterocycles. The molecule has 0 radical (unpaired) electrons. The molecule has 0 aliphatic carbocycles. The Labute approximate surface area is 169 Å². The van der Waals surface area contributed by atoms with Crippen molar-refractivity contribution in [1.82, 2.24) is 10.2 Å². The lowest BCUT2D eigenvalue weighted by atomic mass is 9.91. The first kappa shape index (κ1) is 20.1. The summed E-state index contributed by atoms with van der Waals surface area (Å²) in [5.74, 6) is -1.05. The number of nitrogens with one attached hydrogen (secondary N) is 2. The number of hydrogen-bond donors (Lipinski definition) is 2. The Morgan fingerprint density at radius 2 is 1.86 bits per heavy atom. The molecule has 0 saturated carbocycles. The number of urea groups is 1. The van der Waals surface area contributed by atoms with E-state index in [1.165, 1.54) is 0 Å². The zero-order chi connectivity index (χ0) is 21.0. The number of nitrogens with zero attached hydrogens (tertiary/aromatic N) is 2. The molecule has 2 N–H and O–H groups in total. The topological polar surface area (TPSA) is 102 Å². The Bertz CT molecular complexity index is 994. The molecule has 148 valence electrons. The highest BCUT2D eigenvalue weighted by molar-refractivity contribution is 6.10. The highest BCUT2D eigenvalue weighted by Crippen LogP contribution is 2.29. The zero-order valence-electron chi connectivity index (χ0n) is 16.4. The zero-order valence-corrected chi connectivity index (χ0v) is 16.4. The maximum Gasteiger partial charge on any atom is 0.325 e. The fourth-order valence-electron chi connectivity index (χ4n) is 3.35. The van der Waals surface area contributed by atoms with Crippen molar-refractivity contribution in [2.75, 3.05) is 11.9 Å². The van der Waals surface area contributed by atoms with Gasteiger partial charge >= 0.3 is 6.03 Å². The summed E-state index contributed by atoms with van der Waals surface area (Å²) in [5.41, 5.74) is 1.22. The first-order valence-electron chi connectivity index (χ1n) is 9.41. The standard InChI is InChI=1S/C22H22N4O3/c1-3-6-15-9-11-17(12-10-15)22(2)20(28)26(21(29)25-22)14-19(27)24-18-8-5-4-7-16(18)13-23/h4-5,7-12H,3,6,14H2,1-2H3,(H,24,27)(H,25,29)/t22-/m0/s1. The van der Waals surface area contributed by atoms with Crippen molar-refractivity contribution >= 4 is 23.5 Å². The molecular weight excluding hydrogens is 368 g/mol. The van der Waals surface area contributed by atoms with Gasteiger partial charge < -0.3 is 10.6 Å². The van der Waals surface area contributed by atoms with Crippen molar-refractivity contribution in [3.05, 3.63) is 65.2 Å². The molecular formula is C22H22N4O3. The van der Waals surface area contributed by atoms with E-state index < -0.39 is 29.9 Å². The normalized spacial score (nSPS) is 18.3. The Morgan fingerprint density at radius 1 is 1.17 bits per heavy atom. The van der Waals surface area contributed by atoms with Crippen molar-refractivity contribution in [1.29, 1.82) is 5.26 Å². The highest BCUT2D eigenvalue weighted by atomic mass is 16.2. The fraction of sp³-hybridized carbons (Fsp3) is 0.273. The molecule has 7 heteroatoms. The SMILES string of the molecule is CCCc1ccc([C@]2(C)NC(=O)N(CC(=O)Nc3ccccc3C#N)C2=O)cc1. The van der Waals surface area contributed by atoms with Gasteiger partial charge in [-0.3, -0.25) is 14.5 Å². The van der Waals surface area contributed by atoms with Crippen LogP contribution in [0.15, 0.2) is 48.5 Å². The van der Waals surface area contributed by atoms with Crippen LogP contribution in [0.4, 0.5) is 10.5 Å². The number of benzene rings is 2. The van der Waals surface area contributed by atoms with E-state index in [-0.39, 0.29) is 0 Å². The minimum atomic E-state index is -1.23. The number of rotatable bonds is 6. The van der Waals surface area contributed by atoms with Crippen molar-refractivity contribution in [3.63, 3.8) is 0 Å². The second-order valence-corrected chi connectivity index (χ2v) is 7.10. The molecule has 29 heavy (non-hydrogen) atoms. The summed E-state index contributed by atoms with van der Waals surface area (Å²) in [6, 6.07) is 15.4. The van der Waals surface area contributed by atoms with Crippen LogP contribution < -0.4 is 10.6 Å². The van der Waals surface area contributed by atoms with Crippen LogP contribution in [0.1, 0.15) is 37.0 Å². The number of amides is 4. The van der Waals surface area contributed by atoms with E-state index in [0.29, 0.717) is 16.8 Å². The maximum absolute atomic E-state index is 13.0. The molecule has 1 fully saturated rings. The van der Waals surface area contributed by atoms with Gasteiger partial charge in [-0.15, -0.1) is 0 Å². The van der Waals surface area contributed by atoms with Gasteiger partial charge in [0.2, 0.25) is 5.91 Å². The molecule has 0 unspecified atom stereocenters. The first-order valence-corrected chi connectivity index (χ1v) is 9.41. The lowest BCUT2D eigenvalue weighted by Crippen LogP contribution is -2.42. The summed E-state index contributed by atoms with van der Waals surface area (Å²) in [5, 5.41) is 14.4. The van der Waals surface area contributed by atoms with Gasteiger partial charge in [0.05, 0.1) is 11.3 Å². The summed E-state index contributed by atoms with van der Waals surface area (Å²) in [6.45, 7) is 3.28. The van der Waals surface area contributed by atoms with Crippen LogP contribution in [0.5, 0.6) is 0 Å². The van der Waals surface area contributed by atoms with E-state index in [2.05, 4.69) is 17.6 Å². The third-order valence-electron chi connectivity index (χ3n) is 4.97. The Morgan fingerprint density at radius 3 is 2.52 bits per heavy atom. The average molecular weight is 390 g/mol. The second-order valence-electron chi connectivity index (χ2n) is 7.10. The van der Waals surface area contributed by atoms with Crippen LogP contribution in [-0.2, 0) is 21.5 Å². The third kappa shape index (κ3) is 3.97. The maximum atomic E-state index is 13.0. The number of hydrogen-bond acceptors (Lipinski definition) is 4. The lowest BCUT2D eigenvalue weighted by Gasteiger charge is -2.22. The molecule has 1 atom stereocenters. The Balaban J connectivity index is 1.74. The molecule has 1 aliphatic rings. The van der Waals surface area contributed by atoms with Crippen LogP contribution in [0.3, 0.4) is 0 Å². The molecule has 4 amide bonds. The number of anilines is 1. The second kappa shape index (κ2) is 8.15. The van der Waals surface area contributed by atoms with Crippen LogP contribution in [-0.4, -0.2) is 29.3 Å². The summed E-state index contributed by atoms with van der Waals surface area (Å²) in [4.78, 5) is 38.7. The van der Waals surface area contributed by atoms with Gasteiger partial charge in [0, 0.05) is 0 Å². The molecule has 2 aromatic rings. The predicted octanol–water partition coefficient (Wildman–Crippen LogP) is 2.92. The molecule has 2 aromatic carbocycles. The molecule has 0 spiro atoms. The molecule has 3 rings (SSSR count). The third-order valence-corrected chi connectivity index (χ3v) is 4.97. The first-order chi connectivity index (χ1) is 13.9. The van der Waals surface area contributed by atoms with E-state index in [9.17, 15) is 14.4 Å². The molecule has 0 bridgehead atoms. The summed E-state index contributed by atoms with van der Waals surface area (Å²) < 4.78 is 0. The predicted molar refractivity (Wildman–Crippen MR) is 108 cm³/mol. The lowest BCUT2D eigenvalue weighted by molar-refractivity contribution is -0.133. The van der Waals surface area contributed by atoms with Crippen LogP contribution in [0, 0.1) is 11.3 Å². The van der Waals surface area contributed by atoms with Gasteiger partial charge in [-0.2, -0.15) is 5.26 Å². The minimum Gasteiger partial charge on any atom is -0.323 e. The van der Waals surface area contributed by atoms with Gasteiger partial charge in [0.15, 0.2) is 0 Å². The van der Waals surface area contributed by atoms with E-state index in [0.717, 1.165) is 23.3 Å². The fourth-order valence-corrected chi connectivity index (χ4v) is 3.35. The largest absolute Gasteiger partial charge is 0.325 e. The summed E-state index contributed by atoms with van der Waals surface area (Å²) >= 11 is 0. The number of nitriles is 1. The monoisotopic (exact) mass is 390 g/mol. The molecule has 1 saturated heterocycles. The van der Waals surface area contributed by atoms with Crippen LogP contribution >= 0.6 is 0 Å². The van der Waals surface area contributed by atoms with Crippen molar-refractivity contribution in [3.8, 4) is 6.07 Å². The van der Waals surface area contributed by atoms with Crippen LogP contribution in [0.2, 0.25) is 0 Å². The minimum absolute atomic E-state index is 0.301. The molecule has 7 nitrogen and oxygen atoms in total. The van der Waals surface area contributed by atoms with Crippen molar-refractivity contribution in [2.45, 2.75) is 32.2 Å². The van der Waals surface area contributed by atoms with Gasteiger partial charge in [-0.05, 0) is 36.6 Å². The number of aryl methyl sites for hydroxylation is 1. The van der Waals surface area contributed by atoms with Gasteiger partial charge in [0.25, 0.3) is 5.91 Å². The Kier molecular flexibility index (Phi) is 5.64. The number of para-hydroxylation sites is 1. The van der Waals surface area contributed by atoms with Crippen molar-refractivity contribution < 1.29 is 14.4 Å². The van der Waals surface area contributed by atoms with Crippen LogP contribution in [0.25, 0.3) is 0 Å². The highest BCUT2D eigenvalue weighted by Gasteiger charge is 2.49. The smallest absolute Gasteiger partial charge is 0.323 e. The summed E-state index contributed by atoms with van der Waals surface area (Å²) in [6.07, 6.45) is 1.96. The number of carbonyl (C=O) groups excluding carboxylic acids is 3.